The van der Waals surface area contributed by atoms with Crippen molar-refractivity contribution in [1.82, 2.24) is 14.7 Å². The molecule has 0 aliphatic rings. The van der Waals surface area contributed by atoms with E-state index in [2.05, 4.69) is 15.7 Å². The van der Waals surface area contributed by atoms with Crippen LogP contribution in [0.15, 0.2) is 42.6 Å². The van der Waals surface area contributed by atoms with E-state index < -0.39 is 5.97 Å². The fourth-order valence-electron chi connectivity index (χ4n) is 3.35. The Bertz CT molecular complexity index is 1140. The fourth-order valence-corrected chi connectivity index (χ4v) is 4.78. The molecule has 3 rings (SSSR count). The highest BCUT2D eigenvalue weighted by molar-refractivity contribution is 7.80. The molecule has 0 spiro atoms. The summed E-state index contributed by atoms with van der Waals surface area (Å²) in [5, 5.41) is 11.3. The molecule has 3 aromatic rings. The molecule has 0 saturated carbocycles. The van der Waals surface area contributed by atoms with E-state index in [9.17, 15) is 9.59 Å². The first-order valence-corrected chi connectivity index (χ1v) is 11.8. The van der Waals surface area contributed by atoms with Crippen LogP contribution in [0, 0.1) is 6.92 Å². The number of aromatic nitrogens is 2. The van der Waals surface area contributed by atoms with Gasteiger partial charge < -0.3 is 20.3 Å². The highest BCUT2D eigenvalue weighted by Crippen LogP contribution is 2.34. The minimum atomic E-state index is -0.528. The van der Waals surface area contributed by atoms with E-state index in [0.29, 0.717) is 46.5 Å². The molecule has 1 aromatic carbocycles. The second-order valence-corrected chi connectivity index (χ2v) is 8.62. The van der Waals surface area contributed by atoms with Crippen LogP contribution < -0.4 is 10.6 Å². The standard InChI is InChI=1S/C23H27N5O3S2/c1-5-27(6-2)21(29)19-15(3)18(22(30)31-4)20(33-19)25-23(32)24-17-12-13-28(26-17)14-16-10-8-7-9-11-16/h7-13H,5-6,14H2,1-4H3,(H2,24,25,26,32). The normalized spacial score (nSPS) is 10.5. The highest BCUT2D eigenvalue weighted by atomic mass is 32.1. The second kappa shape index (κ2) is 11.1. The van der Waals surface area contributed by atoms with Crippen LogP contribution in [-0.4, -0.2) is 51.9 Å². The summed E-state index contributed by atoms with van der Waals surface area (Å²) in [7, 11) is 1.31. The number of carbonyl (C=O) groups excluding carboxylic acids is 2. The molecule has 0 aliphatic heterocycles. The highest BCUT2D eigenvalue weighted by Gasteiger charge is 2.27. The molecule has 2 aromatic heterocycles. The smallest absolute Gasteiger partial charge is 0.341 e. The number of nitrogens with zero attached hydrogens (tertiary/aromatic N) is 3. The second-order valence-electron chi connectivity index (χ2n) is 7.19. The van der Waals surface area contributed by atoms with E-state index in [1.807, 2.05) is 56.4 Å². The van der Waals surface area contributed by atoms with Gasteiger partial charge in [-0.05, 0) is 44.1 Å². The van der Waals surface area contributed by atoms with Gasteiger partial charge in [0.1, 0.15) is 5.00 Å². The van der Waals surface area contributed by atoms with Gasteiger partial charge in [0.2, 0.25) is 0 Å². The van der Waals surface area contributed by atoms with E-state index in [0.717, 1.165) is 5.56 Å². The SMILES string of the molecule is CCN(CC)C(=O)c1sc(NC(=S)Nc2ccn(Cc3ccccc3)n2)c(C(=O)OC)c1C. The lowest BCUT2D eigenvalue weighted by atomic mass is 10.1. The molecule has 33 heavy (non-hydrogen) atoms. The van der Waals surface area contributed by atoms with Crippen molar-refractivity contribution in [3.05, 3.63) is 64.2 Å². The zero-order chi connectivity index (χ0) is 24.0. The number of benzene rings is 1. The Morgan fingerprint density at radius 2 is 1.85 bits per heavy atom. The zero-order valence-electron chi connectivity index (χ0n) is 19.0. The molecule has 0 unspecified atom stereocenters. The summed E-state index contributed by atoms with van der Waals surface area (Å²) >= 11 is 6.63. The van der Waals surface area contributed by atoms with Crippen LogP contribution >= 0.6 is 23.6 Å². The van der Waals surface area contributed by atoms with Gasteiger partial charge in [-0.15, -0.1) is 11.3 Å². The van der Waals surface area contributed by atoms with Crippen LogP contribution in [0.2, 0.25) is 0 Å². The van der Waals surface area contributed by atoms with Crippen molar-refractivity contribution < 1.29 is 14.3 Å². The molecule has 0 bridgehead atoms. The van der Waals surface area contributed by atoms with E-state index in [-0.39, 0.29) is 11.0 Å². The van der Waals surface area contributed by atoms with Crippen molar-refractivity contribution in [2.75, 3.05) is 30.8 Å². The summed E-state index contributed by atoms with van der Waals surface area (Å²) in [5.74, 6) is -0.0882. The molecule has 0 atom stereocenters. The number of thiophene rings is 1. The average molecular weight is 486 g/mol. The Hall–Kier alpha value is -3.24. The third kappa shape index (κ3) is 5.77. The maximum absolute atomic E-state index is 12.9. The molecule has 1 amide bonds. The number of methoxy groups -OCH3 is 1. The minimum Gasteiger partial charge on any atom is -0.465 e. The summed E-state index contributed by atoms with van der Waals surface area (Å²) in [6.07, 6.45) is 1.86. The lowest BCUT2D eigenvalue weighted by Crippen LogP contribution is -2.30. The molecular formula is C23H27N5O3S2. The van der Waals surface area contributed by atoms with Crippen LogP contribution in [0.3, 0.4) is 0 Å². The topological polar surface area (TPSA) is 88.5 Å². The van der Waals surface area contributed by atoms with Gasteiger partial charge in [0.05, 0.1) is 24.1 Å². The van der Waals surface area contributed by atoms with Gasteiger partial charge in [-0.2, -0.15) is 5.10 Å². The first-order chi connectivity index (χ1) is 15.9. The van der Waals surface area contributed by atoms with Gasteiger partial charge in [0, 0.05) is 25.4 Å². The van der Waals surface area contributed by atoms with Crippen LogP contribution in [0.25, 0.3) is 0 Å². The van der Waals surface area contributed by atoms with Gasteiger partial charge >= 0.3 is 5.97 Å². The monoisotopic (exact) mass is 485 g/mol. The Morgan fingerprint density at radius 1 is 1.15 bits per heavy atom. The number of nitrogens with one attached hydrogen (secondary N) is 2. The molecule has 2 heterocycles. The number of carbonyl (C=O) groups is 2. The molecule has 0 fully saturated rings. The van der Waals surface area contributed by atoms with Gasteiger partial charge in [-0.3, -0.25) is 9.48 Å². The first kappa shape index (κ1) is 24.4. The Kier molecular flexibility index (Phi) is 8.18. The molecule has 2 N–H and O–H groups in total. The zero-order valence-corrected chi connectivity index (χ0v) is 20.7. The van der Waals surface area contributed by atoms with Crippen molar-refractivity contribution in [2.24, 2.45) is 0 Å². The van der Waals surface area contributed by atoms with Crippen LogP contribution in [0.4, 0.5) is 10.8 Å². The van der Waals surface area contributed by atoms with Crippen molar-refractivity contribution >= 4 is 51.4 Å². The number of hydrogen-bond acceptors (Lipinski definition) is 6. The number of ether oxygens (including phenoxy) is 1. The van der Waals surface area contributed by atoms with Crippen molar-refractivity contribution in [3.8, 4) is 0 Å². The molecule has 0 saturated heterocycles. The Labute approximate surface area is 202 Å². The van der Waals surface area contributed by atoms with Gasteiger partial charge in [0.25, 0.3) is 5.91 Å². The van der Waals surface area contributed by atoms with Crippen LogP contribution in [0.1, 0.15) is 45.0 Å². The fraction of sp³-hybridized carbons (Fsp3) is 0.304. The molecule has 174 valence electrons. The van der Waals surface area contributed by atoms with Crippen molar-refractivity contribution in [2.45, 2.75) is 27.3 Å². The number of esters is 1. The summed E-state index contributed by atoms with van der Waals surface area (Å²) in [5.41, 5.74) is 2.01. The predicted molar refractivity (Wildman–Crippen MR) is 135 cm³/mol. The van der Waals surface area contributed by atoms with Crippen LogP contribution in [-0.2, 0) is 11.3 Å². The molecule has 8 nitrogen and oxygen atoms in total. The van der Waals surface area contributed by atoms with E-state index in [4.69, 9.17) is 17.0 Å². The lowest BCUT2D eigenvalue weighted by molar-refractivity contribution is 0.0601. The number of amides is 1. The maximum atomic E-state index is 12.9. The summed E-state index contributed by atoms with van der Waals surface area (Å²) < 4.78 is 6.75. The molecule has 0 aliphatic carbocycles. The van der Waals surface area contributed by atoms with E-state index in [1.165, 1.54) is 18.4 Å². The van der Waals surface area contributed by atoms with Crippen molar-refractivity contribution in [3.63, 3.8) is 0 Å². The maximum Gasteiger partial charge on any atom is 0.341 e. The van der Waals surface area contributed by atoms with Gasteiger partial charge in [0.15, 0.2) is 10.9 Å². The summed E-state index contributed by atoms with van der Waals surface area (Å²) in [6.45, 7) is 7.37. The molecule has 10 heteroatoms. The molecular weight excluding hydrogens is 458 g/mol. The molecule has 0 radical (unpaired) electrons. The third-order valence-electron chi connectivity index (χ3n) is 5.08. The third-order valence-corrected chi connectivity index (χ3v) is 6.48. The Balaban J connectivity index is 1.76. The first-order valence-electron chi connectivity index (χ1n) is 10.5. The number of thiocarbonyl (C=S) groups is 1. The Morgan fingerprint density at radius 3 is 2.48 bits per heavy atom. The quantitative estimate of drug-likeness (QED) is 0.362. The van der Waals surface area contributed by atoms with E-state index in [1.54, 1.807) is 16.5 Å². The van der Waals surface area contributed by atoms with Gasteiger partial charge in [-0.25, -0.2) is 4.79 Å². The summed E-state index contributed by atoms with van der Waals surface area (Å²) in [4.78, 5) is 27.6. The number of rotatable bonds is 8. The largest absolute Gasteiger partial charge is 0.465 e. The lowest BCUT2D eigenvalue weighted by Gasteiger charge is -2.17. The predicted octanol–water partition coefficient (Wildman–Crippen LogP) is 4.38. The summed E-state index contributed by atoms with van der Waals surface area (Å²) in [6, 6.07) is 11.8. The number of hydrogen-bond donors (Lipinski definition) is 2. The number of anilines is 2. The van der Waals surface area contributed by atoms with Crippen molar-refractivity contribution in [1.29, 1.82) is 0 Å². The van der Waals surface area contributed by atoms with Gasteiger partial charge in [-0.1, -0.05) is 30.3 Å². The minimum absolute atomic E-state index is 0.126. The average Bonchev–Trinajstić information content (AvgIpc) is 3.38. The van der Waals surface area contributed by atoms with E-state index >= 15 is 0 Å². The van der Waals surface area contributed by atoms with Crippen LogP contribution in [0.5, 0.6) is 0 Å².